The zero-order valence-electron chi connectivity index (χ0n) is 7.02. The Morgan fingerprint density at radius 2 is 2.46 bits per heavy atom. The van der Waals surface area contributed by atoms with E-state index >= 15 is 0 Å². The highest BCUT2D eigenvalue weighted by atomic mass is 15.3. The number of nitriles is 1. The Morgan fingerprint density at radius 3 is 3.15 bits per heavy atom. The number of hydrogen-bond acceptors (Lipinski definition) is 4. The SMILES string of the molecule is CNc1nc2cccnn2c1C#N. The number of imidazole rings is 1. The molecule has 0 aliphatic carbocycles. The minimum absolute atomic E-state index is 0.429. The smallest absolute Gasteiger partial charge is 0.186 e. The van der Waals surface area contributed by atoms with Gasteiger partial charge >= 0.3 is 0 Å². The van der Waals surface area contributed by atoms with Crippen LogP contribution in [0.5, 0.6) is 0 Å². The summed E-state index contributed by atoms with van der Waals surface area (Å²) in [4.78, 5) is 4.17. The van der Waals surface area contributed by atoms with Crippen LogP contribution >= 0.6 is 0 Å². The molecule has 0 radical (unpaired) electrons. The average molecular weight is 173 g/mol. The number of nitrogens with zero attached hydrogens (tertiary/aromatic N) is 4. The summed E-state index contributed by atoms with van der Waals surface area (Å²) in [5.41, 5.74) is 1.10. The molecule has 0 aliphatic rings. The highest BCUT2D eigenvalue weighted by Crippen LogP contribution is 2.13. The summed E-state index contributed by atoms with van der Waals surface area (Å²) in [7, 11) is 1.72. The van der Waals surface area contributed by atoms with Crippen molar-refractivity contribution >= 4 is 11.5 Å². The molecule has 5 nitrogen and oxygen atoms in total. The van der Waals surface area contributed by atoms with Gasteiger partial charge in [0, 0.05) is 13.2 Å². The minimum Gasteiger partial charge on any atom is -0.371 e. The predicted molar refractivity (Wildman–Crippen MR) is 47.2 cm³/mol. The third-order valence-electron chi connectivity index (χ3n) is 1.74. The number of hydrogen-bond donors (Lipinski definition) is 1. The van der Waals surface area contributed by atoms with E-state index in [-0.39, 0.29) is 0 Å². The highest BCUT2D eigenvalue weighted by molar-refractivity contribution is 5.57. The van der Waals surface area contributed by atoms with E-state index in [4.69, 9.17) is 5.26 Å². The van der Waals surface area contributed by atoms with Gasteiger partial charge in [-0.05, 0) is 12.1 Å². The normalized spacial score (nSPS) is 9.85. The van der Waals surface area contributed by atoms with Gasteiger partial charge < -0.3 is 5.32 Å². The molecular weight excluding hydrogens is 166 g/mol. The summed E-state index contributed by atoms with van der Waals surface area (Å²) in [6.07, 6.45) is 1.62. The zero-order valence-corrected chi connectivity index (χ0v) is 7.02. The second kappa shape index (κ2) is 2.75. The molecule has 5 heteroatoms. The largest absolute Gasteiger partial charge is 0.371 e. The van der Waals surface area contributed by atoms with Crippen LogP contribution in [-0.2, 0) is 0 Å². The first-order chi connectivity index (χ1) is 6.36. The van der Waals surface area contributed by atoms with Crippen LogP contribution in [0.1, 0.15) is 5.69 Å². The molecule has 13 heavy (non-hydrogen) atoms. The Bertz CT molecular complexity index is 479. The summed E-state index contributed by atoms with van der Waals surface area (Å²) in [6.45, 7) is 0. The molecule has 0 saturated heterocycles. The van der Waals surface area contributed by atoms with Crippen molar-refractivity contribution in [2.45, 2.75) is 0 Å². The summed E-state index contributed by atoms with van der Waals surface area (Å²) < 4.78 is 1.51. The Hall–Kier alpha value is -2.09. The van der Waals surface area contributed by atoms with Gasteiger partial charge in [-0.2, -0.15) is 10.4 Å². The lowest BCUT2D eigenvalue weighted by atomic mass is 10.5. The molecule has 0 spiro atoms. The fraction of sp³-hybridized carbons (Fsp3) is 0.125. The molecular formula is C8H7N5. The van der Waals surface area contributed by atoms with Crippen LogP contribution in [0.25, 0.3) is 5.65 Å². The summed E-state index contributed by atoms with van der Waals surface area (Å²) >= 11 is 0. The van der Waals surface area contributed by atoms with Crippen LogP contribution in [0.2, 0.25) is 0 Å². The summed E-state index contributed by atoms with van der Waals surface area (Å²) in [5, 5.41) is 15.7. The van der Waals surface area contributed by atoms with Gasteiger partial charge in [0.15, 0.2) is 17.2 Å². The molecule has 0 amide bonds. The monoisotopic (exact) mass is 173 g/mol. The first kappa shape index (κ1) is 7.55. The molecule has 2 heterocycles. The van der Waals surface area contributed by atoms with Crippen LogP contribution in [-0.4, -0.2) is 21.6 Å². The topological polar surface area (TPSA) is 66.0 Å². The molecule has 0 bridgehead atoms. The number of aromatic nitrogens is 3. The molecule has 0 aliphatic heterocycles. The minimum atomic E-state index is 0.429. The Balaban J connectivity index is 2.83. The second-order valence-corrected chi connectivity index (χ2v) is 2.46. The van der Waals surface area contributed by atoms with Crippen LogP contribution in [0.15, 0.2) is 18.3 Å². The molecule has 2 rings (SSSR count). The number of anilines is 1. The first-order valence-corrected chi connectivity index (χ1v) is 3.78. The second-order valence-electron chi connectivity index (χ2n) is 2.46. The number of nitrogens with one attached hydrogen (secondary N) is 1. The number of rotatable bonds is 1. The number of fused-ring (bicyclic) bond motifs is 1. The van der Waals surface area contributed by atoms with Crippen molar-refractivity contribution in [3.05, 3.63) is 24.0 Å². The van der Waals surface area contributed by atoms with Gasteiger partial charge in [0.1, 0.15) is 6.07 Å². The zero-order chi connectivity index (χ0) is 9.26. The van der Waals surface area contributed by atoms with Crippen LogP contribution in [0.4, 0.5) is 5.82 Å². The van der Waals surface area contributed by atoms with E-state index in [0.29, 0.717) is 17.2 Å². The van der Waals surface area contributed by atoms with E-state index in [9.17, 15) is 0 Å². The van der Waals surface area contributed by atoms with Crippen LogP contribution < -0.4 is 5.32 Å². The van der Waals surface area contributed by atoms with Crippen molar-refractivity contribution in [1.29, 1.82) is 5.26 Å². The lowest BCUT2D eigenvalue weighted by Gasteiger charge is -1.91. The van der Waals surface area contributed by atoms with Crippen molar-refractivity contribution in [2.75, 3.05) is 12.4 Å². The van der Waals surface area contributed by atoms with Gasteiger partial charge in [-0.15, -0.1) is 0 Å². The Kier molecular flexibility index (Phi) is 1.60. The molecule has 0 saturated carbocycles. The van der Waals surface area contributed by atoms with Crippen LogP contribution in [0.3, 0.4) is 0 Å². The van der Waals surface area contributed by atoms with Gasteiger partial charge in [-0.3, -0.25) is 0 Å². The maximum Gasteiger partial charge on any atom is 0.186 e. The molecule has 0 fully saturated rings. The van der Waals surface area contributed by atoms with Gasteiger partial charge in [-0.1, -0.05) is 0 Å². The third-order valence-corrected chi connectivity index (χ3v) is 1.74. The molecule has 1 N–H and O–H groups in total. The Labute approximate surface area is 74.6 Å². The quantitative estimate of drug-likeness (QED) is 0.687. The summed E-state index contributed by atoms with van der Waals surface area (Å²) in [6, 6.07) is 5.63. The van der Waals surface area contributed by atoms with Crippen molar-refractivity contribution < 1.29 is 0 Å². The molecule has 2 aromatic heterocycles. The Morgan fingerprint density at radius 1 is 1.62 bits per heavy atom. The maximum atomic E-state index is 8.85. The highest BCUT2D eigenvalue weighted by Gasteiger charge is 2.09. The van der Waals surface area contributed by atoms with E-state index in [1.807, 2.05) is 6.07 Å². The van der Waals surface area contributed by atoms with E-state index < -0.39 is 0 Å². The fourth-order valence-corrected chi connectivity index (χ4v) is 1.16. The molecule has 64 valence electrons. The average Bonchev–Trinajstić information content (AvgIpc) is 2.55. The van der Waals surface area contributed by atoms with Gasteiger partial charge in [-0.25, -0.2) is 9.50 Å². The first-order valence-electron chi connectivity index (χ1n) is 3.78. The predicted octanol–water partition coefficient (Wildman–Crippen LogP) is 0.643. The van der Waals surface area contributed by atoms with E-state index in [2.05, 4.69) is 15.4 Å². The maximum absolute atomic E-state index is 8.85. The van der Waals surface area contributed by atoms with Crippen molar-refractivity contribution in [3.8, 4) is 6.07 Å². The van der Waals surface area contributed by atoms with Gasteiger partial charge in [0.25, 0.3) is 0 Å². The van der Waals surface area contributed by atoms with Crippen molar-refractivity contribution in [1.82, 2.24) is 14.6 Å². The van der Waals surface area contributed by atoms with E-state index in [1.54, 1.807) is 25.4 Å². The van der Waals surface area contributed by atoms with Crippen molar-refractivity contribution in [3.63, 3.8) is 0 Å². The lowest BCUT2D eigenvalue weighted by molar-refractivity contribution is 0.921. The van der Waals surface area contributed by atoms with Gasteiger partial charge in [0.05, 0.1) is 0 Å². The molecule has 0 atom stereocenters. The van der Waals surface area contributed by atoms with E-state index in [0.717, 1.165) is 0 Å². The van der Waals surface area contributed by atoms with Gasteiger partial charge in [0.2, 0.25) is 0 Å². The van der Waals surface area contributed by atoms with Crippen LogP contribution in [0, 0.1) is 11.3 Å². The lowest BCUT2D eigenvalue weighted by Crippen LogP contribution is -1.95. The summed E-state index contributed by atoms with van der Waals surface area (Å²) in [5.74, 6) is 0.557. The van der Waals surface area contributed by atoms with E-state index in [1.165, 1.54) is 4.52 Å². The van der Waals surface area contributed by atoms with Crippen molar-refractivity contribution in [2.24, 2.45) is 0 Å². The third kappa shape index (κ3) is 0.999. The molecule has 2 aromatic rings. The standard InChI is InChI=1S/C8H7N5/c1-10-8-6(5-9)13-7(12-8)3-2-4-11-13/h2-4,10H,1H3. The molecule has 0 aromatic carbocycles. The molecule has 0 unspecified atom stereocenters. The fourth-order valence-electron chi connectivity index (χ4n) is 1.16.